The van der Waals surface area contributed by atoms with Crippen LogP contribution in [0.15, 0.2) is 24.5 Å². The molecule has 0 saturated heterocycles. The van der Waals surface area contributed by atoms with Gasteiger partial charge in [-0.3, -0.25) is 4.79 Å². The SMILES string of the molecule is CCOCC1Cc2c(ncn2C)CN1C(=O)c1cccc2c1OCCO2. The van der Waals surface area contributed by atoms with Crippen molar-refractivity contribution in [2.45, 2.75) is 25.9 Å². The second-order valence-corrected chi connectivity index (χ2v) is 6.53. The summed E-state index contributed by atoms with van der Waals surface area (Å²) in [6, 6.07) is 5.41. The Kier molecular flexibility index (Phi) is 4.55. The number of benzene rings is 1. The fraction of sp³-hybridized carbons (Fsp3) is 0.474. The topological polar surface area (TPSA) is 65.8 Å². The predicted octanol–water partition coefficient (Wildman–Crippen LogP) is 1.79. The summed E-state index contributed by atoms with van der Waals surface area (Å²) in [5.41, 5.74) is 2.63. The average Bonchev–Trinajstić information content (AvgIpc) is 3.04. The molecule has 0 aliphatic carbocycles. The van der Waals surface area contributed by atoms with Gasteiger partial charge in [-0.05, 0) is 19.1 Å². The minimum absolute atomic E-state index is 0.0364. The van der Waals surface area contributed by atoms with E-state index in [1.807, 2.05) is 35.6 Å². The van der Waals surface area contributed by atoms with E-state index in [-0.39, 0.29) is 11.9 Å². The zero-order valence-electron chi connectivity index (χ0n) is 15.1. The van der Waals surface area contributed by atoms with E-state index in [0.29, 0.717) is 50.0 Å². The van der Waals surface area contributed by atoms with Gasteiger partial charge in [0.15, 0.2) is 11.5 Å². The Morgan fingerprint density at radius 2 is 2.19 bits per heavy atom. The Morgan fingerprint density at radius 1 is 1.35 bits per heavy atom. The van der Waals surface area contributed by atoms with Gasteiger partial charge in [0.2, 0.25) is 0 Å². The lowest BCUT2D eigenvalue weighted by Crippen LogP contribution is -2.47. The van der Waals surface area contributed by atoms with Gasteiger partial charge < -0.3 is 23.7 Å². The van der Waals surface area contributed by atoms with Gasteiger partial charge in [0.1, 0.15) is 13.2 Å². The first kappa shape index (κ1) is 16.9. The number of imidazole rings is 1. The first-order valence-electron chi connectivity index (χ1n) is 8.95. The molecule has 0 spiro atoms. The molecule has 0 saturated carbocycles. The van der Waals surface area contributed by atoms with E-state index < -0.39 is 0 Å². The molecular formula is C19H23N3O4. The van der Waals surface area contributed by atoms with Gasteiger partial charge >= 0.3 is 0 Å². The van der Waals surface area contributed by atoms with Crippen molar-refractivity contribution >= 4 is 5.91 Å². The van der Waals surface area contributed by atoms with Crippen molar-refractivity contribution in [2.24, 2.45) is 7.05 Å². The van der Waals surface area contributed by atoms with E-state index in [2.05, 4.69) is 4.98 Å². The monoisotopic (exact) mass is 357 g/mol. The van der Waals surface area contributed by atoms with Gasteiger partial charge in [0.05, 0.1) is 36.8 Å². The molecule has 1 amide bonds. The molecule has 2 aromatic rings. The molecule has 1 aromatic heterocycles. The number of carbonyl (C=O) groups excluding carboxylic acids is 1. The maximum atomic E-state index is 13.4. The second kappa shape index (κ2) is 6.99. The number of fused-ring (bicyclic) bond motifs is 2. The number of nitrogens with zero attached hydrogens (tertiary/aromatic N) is 3. The lowest BCUT2D eigenvalue weighted by molar-refractivity contribution is 0.0381. The summed E-state index contributed by atoms with van der Waals surface area (Å²) in [6.45, 7) is 4.50. The van der Waals surface area contributed by atoms with Crippen molar-refractivity contribution in [2.75, 3.05) is 26.4 Å². The number of aryl methyl sites for hydroxylation is 1. The minimum atomic E-state index is -0.0756. The van der Waals surface area contributed by atoms with Crippen LogP contribution in [0.5, 0.6) is 11.5 Å². The number of rotatable bonds is 4. The fourth-order valence-electron chi connectivity index (χ4n) is 3.56. The lowest BCUT2D eigenvalue weighted by Gasteiger charge is -2.36. The first-order valence-corrected chi connectivity index (χ1v) is 8.95. The highest BCUT2D eigenvalue weighted by Gasteiger charge is 2.34. The molecule has 0 N–H and O–H groups in total. The number of carbonyl (C=O) groups is 1. The highest BCUT2D eigenvalue weighted by Crippen LogP contribution is 2.35. The van der Waals surface area contributed by atoms with Crippen molar-refractivity contribution in [3.05, 3.63) is 41.5 Å². The summed E-state index contributed by atoms with van der Waals surface area (Å²) in [5, 5.41) is 0. The van der Waals surface area contributed by atoms with Gasteiger partial charge in [-0.1, -0.05) is 6.07 Å². The maximum Gasteiger partial charge on any atom is 0.258 e. The summed E-state index contributed by atoms with van der Waals surface area (Å²) in [7, 11) is 1.99. The second-order valence-electron chi connectivity index (χ2n) is 6.53. The molecule has 1 atom stereocenters. The maximum absolute atomic E-state index is 13.4. The van der Waals surface area contributed by atoms with Crippen molar-refractivity contribution in [1.82, 2.24) is 14.5 Å². The minimum Gasteiger partial charge on any atom is -0.486 e. The molecule has 0 bridgehead atoms. The molecule has 26 heavy (non-hydrogen) atoms. The van der Waals surface area contributed by atoms with Crippen LogP contribution in [-0.4, -0.2) is 52.8 Å². The zero-order chi connectivity index (χ0) is 18.1. The van der Waals surface area contributed by atoms with Crippen LogP contribution in [0.1, 0.15) is 28.7 Å². The van der Waals surface area contributed by atoms with Crippen LogP contribution in [0.2, 0.25) is 0 Å². The lowest BCUT2D eigenvalue weighted by atomic mass is 10.0. The normalized spacial score (nSPS) is 18.5. The summed E-state index contributed by atoms with van der Waals surface area (Å²) in [6.07, 6.45) is 2.53. The molecule has 2 aliphatic rings. The van der Waals surface area contributed by atoms with E-state index >= 15 is 0 Å². The van der Waals surface area contributed by atoms with Crippen LogP contribution in [-0.2, 0) is 24.8 Å². The van der Waals surface area contributed by atoms with E-state index in [1.54, 1.807) is 12.4 Å². The van der Waals surface area contributed by atoms with Crippen molar-refractivity contribution < 1.29 is 19.0 Å². The van der Waals surface area contributed by atoms with E-state index in [9.17, 15) is 4.79 Å². The van der Waals surface area contributed by atoms with E-state index in [0.717, 1.165) is 17.8 Å². The van der Waals surface area contributed by atoms with Crippen LogP contribution in [0.4, 0.5) is 0 Å². The molecule has 0 radical (unpaired) electrons. The molecule has 7 nitrogen and oxygen atoms in total. The molecule has 4 rings (SSSR count). The van der Waals surface area contributed by atoms with E-state index in [1.165, 1.54) is 0 Å². The first-order chi connectivity index (χ1) is 12.7. The summed E-state index contributed by atoms with van der Waals surface area (Å²) in [5.74, 6) is 1.08. The molecule has 1 aromatic carbocycles. The number of para-hydroxylation sites is 1. The molecule has 138 valence electrons. The predicted molar refractivity (Wildman–Crippen MR) is 94.5 cm³/mol. The van der Waals surface area contributed by atoms with Crippen LogP contribution >= 0.6 is 0 Å². The summed E-state index contributed by atoms with van der Waals surface area (Å²) < 4.78 is 19.0. The quantitative estimate of drug-likeness (QED) is 0.835. The van der Waals surface area contributed by atoms with Crippen LogP contribution < -0.4 is 9.47 Å². The van der Waals surface area contributed by atoms with Crippen LogP contribution in [0, 0.1) is 0 Å². The number of hydrogen-bond acceptors (Lipinski definition) is 5. The molecular weight excluding hydrogens is 334 g/mol. The Bertz CT molecular complexity index is 817. The van der Waals surface area contributed by atoms with Crippen molar-refractivity contribution in [1.29, 1.82) is 0 Å². The Morgan fingerprint density at radius 3 is 3.04 bits per heavy atom. The van der Waals surface area contributed by atoms with Crippen LogP contribution in [0.25, 0.3) is 0 Å². The zero-order valence-corrected chi connectivity index (χ0v) is 15.1. The summed E-state index contributed by atoms with van der Waals surface area (Å²) in [4.78, 5) is 19.7. The van der Waals surface area contributed by atoms with Crippen molar-refractivity contribution in [3.8, 4) is 11.5 Å². The molecule has 1 unspecified atom stereocenters. The average molecular weight is 357 g/mol. The molecule has 7 heteroatoms. The molecule has 2 aliphatic heterocycles. The van der Waals surface area contributed by atoms with Crippen molar-refractivity contribution in [3.63, 3.8) is 0 Å². The fourth-order valence-corrected chi connectivity index (χ4v) is 3.56. The number of hydrogen-bond donors (Lipinski definition) is 0. The highest BCUT2D eigenvalue weighted by atomic mass is 16.6. The third kappa shape index (κ3) is 2.92. The van der Waals surface area contributed by atoms with Crippen LogP contribution in [0.3, 0.4) is 0 Å². The van der Waals surface area contributed by atoms with Gasteiger partial charge in [0.25, 0.3) is 5.91 Å². The third-order valence-electron chi connectivity index (χ3n) is 4.91. The summed E-state index contributed by atoms with van der Waals surface area (Å²) >= 11 is 0. The molecule has 3 heterocycles. The number of ether oxygens (including phenoxy) is 3. The van der Waals surface area contributed by atoms with E-state index in [4.69, 9.17) is 14.2 Å². The Balaban J connectivity index is 1.67. The van der Waals surface area contributed by atoms with Gasteiger partial charge in [-0.25, -0.2) is 4.98 Å². The number of aromatic nitrogens is 2. The largest absolute Gasteiger partial charge is 0.486 e. The van der Waals surface area contributed by atoms with Gasteiger partial charge in [-0.15, -0.1) is 0 Å². The Labute approximate surface area is 152 Å². The smallest absolute Gasteiger partial charge is 0.258 e. The number of amides is 1. The third-order valence-corrected chi connectivity index (χ3v) is 4.91. The Hall–Kier alpha value is -2.54. The highest BCUT2D eigenvalue weighted by molar-refractivity contribution is 5.98. The van der Waals surface area contributed by atoms with Gasteiger partial charge in [0, 0.05) is 25.8 Å². The standard InChI is InChI=1S/C19H23N3O4/c1-3-24-11-13-9-16-15(20-12-21(16)2)10-22(13)19(23)14-5-4-6-17-18(14)26-8-7-25-17/h4-6,12-13H,3,7-11H2,1-2H3. The van der Waals surface area contributed by atoms with Gasteiger partial charge in [-0.2, -0.15) is 0 Å². The molecule has 0 fully saturated rings.